The van der Waals surface area contributed by atoms with E-state index in [-0.39, 0.29) is 24.2 Å². The number of nitrogens with zero attached hydrogens (tertiary/aromatic N) is 5. The Labute approximate surface area is 209 Å². The molecule has 3 aromatic rings. The quantitative estimate of drug-likeness (QED) is 0.556. The van der Waals surface area contributed by atoms with E-state index in [1.54, 1.807) is 11.6 Å². The fourth-order valence-electron chi connectivity index (χ4n) is 5.52. The van der Waals surface area contributed by atoms with Gasteiger partial charge in [0.2, 0.25) is 12.7 Å². The van der Waals surface area contributed by atoms with Gasteiger partial charge in [0.1, 0.15) is 0 Å². The van der Waals surface area contributed by atoms with Gasteiger partial charge in [-0.05, 0) is 42.7 Å². The number of ether oxygens (including phenoxy) is 2. The summed E-state index contributed by atoms with van der Waals surface area (Å²) in [6, 6.07) is 13.8. The van der Waals surface area contributed by atoms with Crippen LogP contribution >= 0.6 is 0 Å². The molecule has 6 rings (SSSR count). The lowest BCUT2D eigenvalue weighted by molar-refractivity contribution is -0.137. The average molecular weight is 490 g/mol. The molecule has 0 spiro atoms. The standard InChI is InChI=1S/C27H31N5O4/c1-29-22-7-3-2-6-21(22)28-25(27(29)34)32-10-4-5-20(17-32)26(33)31-13-11-30(12-14-31)16-19-8-9-23-24(15-19)36-18-35-23/h2-3,6-9,15,20H,4-5,10-14,16-18H2,1H3. The van der Waals surface area contributed by atoms with Gasteiger partial charge < -0.3 is 23.8 Å². The molecule has 1 unspecified atom stereocenters. The normalized spacial score (nSPS) is 20.2. The number of carbonyl (C=O) groups is 1. The van der Waals surface area contributed by atoms with E-state index in [0.717, 1.165) is 74.6 Å². The zero-order valence-electron chi connectivity index (χ0n) is 20.6. The smallest absolute Gasteiger partial charge is 0.293 e. The third-order valence-corrected chi connectivity index (χ3v) is 7.56. The van der Waals surface area contributed by atoms with Crippen molar-refractivity contribution in [2.24, 2.45) is 13.0 Å². The number of hydrogen-bond donors (Lipinski definition) is 0. The second-order valence-electron chi connectivity index (χ2n) is 9.86. The van der Waals surface area contributed by atoms with Crippen LogP contribution in [0.1, 0.15) is 18.4 Å². The lowest BCUT2D eigenvalue weighted by Crippen LogP contribution is -2.52. The highest BCUT2D eigenvalue weighted by Gasteiger charge is 2.32. The highest BCUT2D eigenvalue weighted by Crippen LogP contribution is 2.33. The van der Waals surface area contributed by atoms with Crippen LogP contribution in [0.3, 0.4) is 0 Å². The van der Waals surface area contributed by atoms with Gasteiger partial charge in [0, 0.05) is 52.9 Å². The number of benzene rings is 2. The number of hydrogen-bond acceptors (Lipinski definition) is 7. The third-order valence-electron chi connectivity index (χ3n) is 7.56. The molecule has 2 fully saturated rings. The van der Waals surface area contributed by atoms with Gasteiger partial charge in [0.25, 0.3) is 5.56 Å². The van der Waals surface area contributed by atoms with Crippen LogP contribution < -0.4 is 19.9 Å². The lowest BCUT2D eigenvalue weighted by atomic mass is 9.96. The number of amides is 1. The van der Waals surface area contributed by atoms with Gasteiger partial charge in [-0.15, -0.1) is 0 Å². The summed E-state index contributed by atoms with van der Waals surface area (Å²) in [4.78, 5) is 37.5. The molecule has 9 nitrogen and oxygen atoms in total. The molecule has 188 valence electrons. The number of piperidine rings is 1. The Hall–Kier alpha value is -3.59. The maximum Gasteiger partial charge on any atom is 0.293 e. The van der Waals surface area contributed by atoms with Crippen LogP contribution in [0.15, 0.2) is 47.3 Å². The predicted octanol–water partition coefficient (Wildman–Crippen LogP) is 2.22. The second kappa shape index (κ2) is 9.46. The third kappa shape index (κ3) is 4.28. The van der Waals surface area contributed by atoms with Gasteiger partial charge in [0.05, 0.1) is 17.0 Å². The van der Waals surface area contributed by atoms with E-state index in [1.165, 1.54) is 5.56 Å². The Balaban J connectivity index is 1.09. The van der Waals surface area contributed by atoms with Gasteiger partial charge in [-0.3, -0.25) is 14.5 Å². The zero-order valence-corrected chi connectivity index (χ0v) is 20.6. The van der Waals surface area contributed by atoms with E-state index in [0.29, 0.717) is 12.4 Å². The Morgan fingerprint density at radius 3 is 2.69 bits per heavy atom. The van der Waals surface area contributed by atoms with Crippen LogP contribution in [0.4, 0.5) is 5.82 Å². The summed E-state index contributed by atoms with van der Waals surface area (Å²) in [5, 5.41) is 0. The van der Waals surface area contributed by atoms with E-state index in [1.807, 2.05) is 46.2 Å². The molecule has 36 heavy (non-hydrogen) atoms. The molecule has 0 aliphatic carbocycles. The van der Waals surface area contributed by atoms with Crippen molar-refractivity contribution in [3.8, 4) is 11.5 Å². The Morgan fingerprint density at radius 1 is 1.03 bits per heavy atom. The summed E-state index contributed by atoms with van der Waals surface area (Å²) in [6.45, 7) is 5.50. The highest BCUT2D eigenvalue weighted by atomic mass is 16.7. The average Bonchev–Trinajstić information content (AvgIpc) is 3.39. The van der Waals surface area contributed by atoms with Crippen molar-refractivity contribution < 1.29 is 14.3 Å². The molecular formula is C27H31N5O4. The Morgan fingerprint density at radius 2 is 1.83 bits per heavy atom. The molecule has 0 radical (unpaired) electrons. The summed E-state index contributed by atoms with van der Waals surface area (Å²) in [7, 11) is 1.78. The van der Waals surface area contributed by atoms with Crippen molar-refractivity contribution in [3.63, 3.8) is 0 Å². The zero-order chi connectivity index (χ0) is 24.6. The molecule has 1 atom stereocenters. The highest BCUT2D eigenvalue weighted by molar-refractivity contribution is 5.80. The van der Waals surface area contributed by atoms with Gasteiger partial charge in [-0.2, -0.15) is 0 Å². The number of fused-ring (bicyclic) bond motifs is 2. The predicted molar refractivity (Wildman–Crippen MR) is 136 cm³/mol. The van der Waals surface area contributed by atoms with E-state index in [2.05, 4.69) is 16.0 Å². The molecule has 4 heterocycles. The SMILES string of the molecule is Cn1c(=O)c(N2CCCC(C(=O)N3CCN(Cc4ccc5c(c4)OCO5)CC3)C2)nc2ccccc21. The van der Waals surface area contributed by atoms with Crippen LogP contribution in [0.25, 0.3) is 11.0 Å². The molecular weight excluding hydrogens is 458 g/mol. The summed E-state index contributed by atoms with van der Waals surface area (Å²) in [5.74, 6) is 2.13. The number of carbonyl (C=O) groups excluding carboxylic acids is 1. The largest absolute Gasteiger partial charge is 0.454 e. The summed E-state index contributed by atoms with van der Waals surface area (Å²) in [6.07, 6.45) is 1.72. The molecule has 3 aliphatic heterocycles. The molecule has 1 amide bonds. The van der Waals surface area contributed by atoms with Crippen molar-refractivity contribution >= 4 is 22.8 Å². The maximum atomic E-state index is 13.4. The molecule has 0 bridgehead atoms. The van der Waals surface area contributed by atoms with Gasteiger partial charge >= 0.3 is 0 Å². The number of para-hydroxylation sites is 2. The van der Waals surface area contributed by atoms with Crippen LogP contribution in [0.2, 0.25) is 0 Å². The number of rotatable bonds is 4. The first-order chi connectivity index (χ1) is 17.6. The number of piperazine rings is 1. The van der Waals surface area contributed by atoms with Crippen molar-refractivity contribution in [1.29, 1.82) is 0 Å². The molecule has 3 aliphatic rings. The van der Waals surface area contributed by atoms with Gasteiger partial charge in [-0.25, -0.2) is 4.98 Å². The molecule has 2 saturated heterocycles. The minimum Gasteiger partial charge on any atom is -0.454 e. The van der Waals surface area contributed by atoms with Crippen molar-refractivity contribution in [2.75, 3.05) is 51.0 Å². The molecule has 0 saturated carbocycles. The summed E-state index contributed by atoms with van der Waals surface area (Å²) in [5.41, 5.74) is 2.68. The number of anilines is 1. The first-order valence-corrected chi connectivity index (χ1v) is 12.7. The van der Waals surface area contributed by atoms with Gasteiger partial charge in [-0.1, -0.05) is 18.2 Å². The van der Waals surface area contributed by atoms with Crippen LogP contribution in [0.5, 0.6) is 11.5 Å². The summed E-state index contributed by atoms with van der Waals surface area (Å²) < 4.78 is 12.6. The fraction of sp³-hybridized carbons (Fsp3) is 0.444. The first kappa shape index (κ1) is 22.8. The van der Waals surface area contributed by atoms with Crippen molar-refractivity contribution in [1.82, 2.24) is 19.4 Å². The van der Waals surface area contributed by atoms with Crippen LogP contribution in [-0.2, 0) is 18.4 Å². The van der Waals surface area contributed by atoms with E-state index in [9.17, 15) is 9.59 Å². The van der Waals surface area contributed by atoms with Crippen molar-refractivity contribution in [3.05, 3.63) is 58.4 Å². The summed E-state index contributed by atoms with van der Waals surface area (Å²) >= 11 is 0. The Bertz CT molecular complexity index is 1350. The molecule has 2 aromatic carbocycles. The molecule has 1 aromatic heterocycles. The topological polar surface area (TPSA) is 80.1 Å². The molecule has 0 N–H and O–H groups in total. The van der Waals surface area contributed by atoms with Crippen molar-refractivity contribution in [2.45, 2.75) is 19.4 Å². The van der Waals surface area contributed by atoms with E-state index >= 15 is 0 Å². The number of aryl methyl sites for hydroxylation is 1. The second-order valence-corrected chi connectivity index (χ2v) is 9.86. The Kier molecular flexibility index (Phi) is 6.00. The first-order valence-electron chi connectivity index (χ1n) is 12.7. The minimum atomic E-state index is -0.114. The van der Waals surface area contributed by atoms with E-state index < -0.39 is 0 Å². The monoisotopic (exact) mass is 489 g/mol. The van der Waals surface area contributed by atoms with Gasteiger partial charge in [0.15, 0.2) is 17.3 Å². The molecule has 9 heteroatoms. The maximum absolute atomic E-state index is 13.4. The van der Waals surface area contributed by atoms with E-state index in [4.69, 9.17) is 9.47 Å². The lowest BCUT2D eigenvalue weighted by Gasteiger charge is -2.39. The van der Waals surface area contributed by atoms with Crippen LogP contribution in [-0.4, -0.2) is 71.3 Å². The number of aromatic nitrogens is 2. The fourth-order valence-corrected chi connectivity index (χ4v) is 5.52. The minimum absolute atomic E-state index is 0.112. The van der Waals surface area contributed by atoms with Crippen LogP contribution in [0, 0.1) is 5.92 Å².